The summed E-state index contributed by atoms with van der Waals surface area (Å²) in [5.74, 6) is 2.82. The van der Waals surface area contributed by atoms with Crippen molar-refractivity contribution in [2.75, 3.05) is 6.54 Å². The Bertz CT molecular complexity index is 700. The van der Waals surface area contributed by atoms with Gasteiger partial charge in [-0.1, -0.05) is 23.7 Å². The number of nitrogens with zero attached hydrogens (tertiary/aromatic N) is 4. The maximum absolute atomic E-state index is 6.01. The molecule has 2 aromatic rings. The maximum Gasteiger partial charge on any atom is 0.191 e. The number of hydrogen-bond donors (Lipinski definition) is 2. The molecule has 0 unspecified atom stereocenters. The Hall–Kier alpha value is -1.35. The Balaban J connectivity index is 0.00000208. The van der Waals surface area contributed by atoms with Crippen molar-refractivity contribution in [2.24, 2.45) is 4.99 Å². The van der Waals surface area contributed by atoms with Crippen LogP contribution in [-0.4, -0.2) is 27.3 Å². The zero-order valence-electron chi connectivity index (χ0n) is 13.6. The number of benzene rings is 1. The molecule has 1 aromatic heterocycles. The van der Waals surface area contributed by atoms with Crippen LogP contribution in [0.4, 0.5) is 0 Å². The van der Waals surface area contributed by atoms with E-state index in [1.54, 1.807) is 0 Å². The molecule has 6 nitrogen and oxygen atoms in total. The molecule has 0 aliphatic carbocycles. The highest BCUT2D eigenvalue weighted by atomic mass is 127. The van der Waals surface area contributed by atoms with Gasteiger partial charge >= 0.3 is 0 Å². The summed E-state index contributed by atoms with van der Waals surface area (Å²) in [5.41, 5.74) is 1.08. The van der Waals surface area contributed by atoms with Gasteiger partial charge in [-0.2, -0.15) is 0 Å². The molecule has 130 valence electrons. The molecule has 8 heteroatoms. The molecule has 0 spiro atoms. The van der Waals surface area contributed by atoms with Crippen molar-refractivity contribution in [2.45, 2.75) is 39.4 Å². The molecule has 24 heavy (non-hydrogen) atoms. The molecule has 1 aliphatic heterocycles. The van der Waals surface area contributed by atoms with Gasteiger partial charge in [0.2, 0.25) is 0 Å². The second kappa shape index (κ2) is 9.22. The van der Waals surface area contributed by atoms with Gasteiger partial charge in [0.15, 0.2) is 11.8 Å². The standard InChI is InChI=1S/C16H21ClN6.HI/c1-2-18-16(19-10-12-5-3-6-13(17)9-12)20-11-15-22-21-14-7-4-8-23(14)15;/h3,5-6,9H,2,4,7-8,10-11H2,1H3,(H2,18,19,20);1H. The molecular formula is C16H22ClIN6. The van der Waals surface area contributed by atoms with Crippen molar-refractivity contribution in [3.8, 4) is 0 Å². The lowest BCUT2D eigenvalue weighted by Crippen LogP contribution is -2.37. The van der Waals surface area contributed by atoms with E-state index in [1.165, 1.54) is 0 Å². The van der Waals surface area contributed by atoms with Gasteiger partial charge in [0, 0.05) is 24.5 Å². The van der Waals surface area contributed by atoms with E-state index >= 15 is 0 Å². The van der Waals surface area contributed by atoms with E-state index in [0.717, 1.165) is 54.1 Å². The molecule has 0 bridgehead atoms. The number of aromatic nitrogens is 3. The Kier molecular flexibility index (Phi) is 7.29. The van der Waals surface area contributed by atoms with E-state index in [4.69, 9.17) is 11.6 Å². The number of guanidine groups is 1. The molecule has 0 radical (unpaired) electrons. The number of aryl methyl sites for hydroxylation is 1. The third-order valence-corrected chi connectivity index (χ3v) is 3.99. The van der Waals surface area contributed by atoms with Crippen LogP contribution in [-0.2, 0) is 26.1 Å². The van der Waals surface area contributed by atoms with Gasteiger partial charge in [0.25, 0.3) is 0 Å². The minimum Gasteiger partial charge on any atom is -0.357 e. The second-order valence-electron chi connectivity index (χ2n) is 5.47. The highest BCUT2D eigenvalue weighted by Crippen LogP contribution is 2.14. The molecular weight excluding hydrogens is 439 g/mol. The largest absolute Gasteiger partial charge is 0.357 e. The predicted molar refractivity (Wildman–Crippen MR) is 107 cm³/mol. The Morgan fingerprint density at radius 3 is 3.00 bits per heavy atom. The van der Waals surface area contributed by atoms with Gasteiger partial charge < -0.3 is 15.2 Å². The number of rotatable bonds is 5. The molecule has 2 N–H and O–H groups in total. The monoisotopic (exact) mass is 460 g/mol. The summed E-state index contributed by atoms with van der Waals surface area (Å²) < 4.78 is 2.19. The van der Waals surface area contributed by atoms with Crippen LogP contribution >= 0.6 is 35.6 Å². The fraction of sp³-hybridized carbons (Fsp3) is 0.438. The van der Waals surface area contributed by atoms with Gasteiger partial charge in [-0.05, 0) is 31.0 Å². The topological polar surface area (TPSA) is 67.1 Å². The van der Waals surface area contributed by atoms with Crippen LogP contribution in [0.15, 0.2) is 29.3 Å². The summed E-state index contributed by atoms with van der Waals surface area (Å²) in [6.45, 7) is 5.06. The van der Waals surface area contributed by atoms with Crippen LogP contribution in [0.2, 0.25) is 5.02 Å². The second-order valence-corrected chi connectivity index (χ2v) is 5.90. The van der Waals surface area contributed by atoms with Crippen molar-refractivity contribution in [1.29, 1.82) is 0 Å². The smallest absolute Gasteiger partial charge is 0.191 e. The Morgan fingerprint density at radius 1 is 1.33 bits per heavy atom. The van der Waals surface area contributed by atoms with Crippen molar-refractivity contribution in [3.63, 3.8) is 0 Å². The van der Waals surface area contributed by atoms with E-state index in [9.17, 15) is 0 Å². The minimum atomic E-state index is 0. The predicted octanol–water partition coefficient (Wildman–Crippen LogP) is 2.75. The third kappa shape index (κ3) is 4.83. The van der Waals surface area contributed by atoms with Gasteiger partial charge in [0.05, 0.1) is 13.1 Å². The summed E-state index contributed by atoms with van der Waals surface area (Å²) in [4.78, 5) is 4.60. The number of nitrogens with one attached hydrogen (secondary N) is 2. The normalized spacial score (nSPS) is 13.3. The molecule has 0 amide bonds. The zero-order valence-corrected chi connectivity index (χ0v) is 16.7. The average Bonchev–Trinajstić information content (AvgIpc) is 3.14. The van der Waals surface area contributed by atoms with Crippen LogP contribution in [0.3, 0.4) is 0 Å². The number of fused-ring (bicyclic) bond motifs is 1. The van der Waals surface area contributed by atoms with Gasteiger partial charge in [-0.25, -0.2) is 4.99 Å². The first kappa shape index (κ1) is 19.0. The molecule has 0 fully saturated rings. The molecule has 0 atom stereocenters. The summed E-state index contributed by atoms with van der Waals surface area (Å²) in [7, 11) is 0. The number of halogens is 2. The summed E-state index contributed by atoms with van der Waals surface area (Å²) in [6, 6.07) is 7.75. The molecule has 0 saturated carbocycles. The molecule has 3 rings (SSSR count). The molecule has 1 aromatic carbocycles. The SMILES string of the molecule is CCNC(=NCc1cccc(Cl)c1)NCc1nnc2n1CCC2.I. The van der Waals surface area contributed by atoms with Crippen molar-refractivity contribution in [1.82, 2.24) is 25.4 Å². The molecule has 1 aliphatic rings. The lowest BCUT2D eigenvalue weighted by Gasteiger charge is -2.11. The molecule has 2 heterocycles. The van der Waals surface area contributed by atoms with Crippen LogP contribution in [0, 0.1) is 0 Å². The Morgan fingerprint density at radius 2 is 2.21 bits per heavy atom. The van der Waals surface area contributed by atoms with Gasteiger partial charge in [0.1, 0.15) is 5.82 Å². The van der Waals surface area contributed by atoms with Crippen LogP contribution < -0.4 is 10.6 Å². The number of aliphatic imine (C=N–C) groups is 1. The van der Waals surface area contributed by atoms with E-state index < -0.39 is 0 Å². The first-order valence-corrected chi connectivity index (χ1v) is 8.31. The quantitative estimate of drug-likeness (QED) is 0.409. The summed E-state index contributed by atoms with van der Waals surface area (Å²) in [5, 5.41) is 15.8. The first-order chi connectivity index (χ1) is 11.3. The average molecular weight is 461 g/mol. The van der Waals surface area contributed by atoms with Crippen LogP contribution in [0.25, 0.3) is 0 Å². The van der Waals surface area contributed by atoms with Crippen molar-refractivity contribution < 1.29 is 0 Å². The fourth-order valence-electron chi connectivity index (χ4n) is 2.65. The van der Waals surface area contributed by atoms with Crippen LogP contribution in [0.5, 0.6) is 0 Å². The van der Waals surface area contributed by atoms with Gasteiger partial charge in [-0.3, -0.25) is 0 Å². The highest BCUT2D eigenvalue weighted by molar-refractivity contribution is 14.0. The number of hydrogen-bond acceptors (Lipinski definition) is 3. The lowest BCUT2D eigenvalue weighted by molar-refractivity contribution is 0.663. The maximum atomic E-state index is 6.01. The van der Waals surface area contributed by atoms with E-state index in [0.29, 0.717) is 13.1 Å². The summed E-state index contributed by atoms with van der Waals surface area (Å²) >= 11 is 6.01. The van der Waals surface area contributed by atoms with E-state index in [-0.39, 0.29) is 24.0 Å². The van der Waals surface area contributed by atoms with Crippen LogP contribution in [0.1, 0.15) is 30.6 Å². The molecule has 0 saturated heterocycles. The lowest BCUT2D eigenvalue weighted by atomic mass is 10.2. The van der Waals surface area contributed by atoms with E-state index in [2.05, 4.69) is 30.4 Å². The highest BCUT2D eigenvalue weighted by Gasteiger charge is 2.16. The minimum absolute atomic E-state index is 0. The Labute approximate surface area is 164 Å². The van der Waals surface area contributed by atoms with Crippen molar-refractivity contribution >= 4 is 41.5 Å². The van der Waals surface area contributed by atoms with Gasteiger partial charge in [-0.15, -0.1) is 34.2 Å². The fourth-order valence-corrected chi connectivity index (χ4v) is 2.86. The zero-order chi connectivity index (χ0) is 16.1. The van der Waals surface area contributed by atoms with E-state index in [1.807, 2.05) is 31.2 Å². The van der Waals surface area contributed by atoms with Crippen molar-refractivity contribution in [3.05, 3.63) is 46.5 Å². The summed E-state index contributed by atoms with van der Waals surface area (Å²) in [6.07, 6.45) is 2.18. The third-order valence-electron chi connectivity index (χ3n) is 3.75. The first-order valence-electron chi connectivity index (χ1n) is 7.94.